The van der Waals surface area contributed by atoms with E-state index in [4.69, 9.17) is 4.74 Å². The second kappa shape index (κ2) is 6.54. The third-order valence-electron chi connectivity index (χ3n) is 3.63. The summed E-state index contributed by atoms with van der Waals surface area (Å²) in [6, 6.07) is -0.112. The van der Waals surface area contributed by atoms with Crippen molar-refractivity contribution in [3.63, 3.8) is 0 Å². The van der Waals surface area contributed by atoms with Crippen LogP contribution in [-0.4, -0.2) is 41.1 Å². The molecule has 1 aliphatic heterocycles. The first-order chi connectivity index (χ1) is 9.60. The molecule has 0 radical (unpaired) electrons. The zero-order valence-corrected chi connectivity index (χ0v) is 12.3. The predicted octanol–water partition coefficient (Wildman–Crippen LogP) is 2.39. The Morgan fingerprint density at radius 3 is 3.00 bits per heavy atom. The summed E-state index contributed by atoms with van der Waals surface area (Å²) in [5.74, 6) is 1.56. The summed E-state index contributed by atoms with van der Waals surface area (Å²) in [7, 11) is 1.52. The number of methoxy groups -OCH3 is 1. The van der Waals surface area contributed by atoms with Crippen LogP contribution in [0.4, 0.5) is 10.5 Å². The van der Waals surface area contributed by atoms with Crippen LogP contribution in [0.25, 0.3) is 0 Å². The van der Waals surface area contributed by atoms with Gasteiger partial charge in [0.05, 0.1) is 13.3 Å². The number of ether oxygens (including phenoxy) is 1. The van der Waals surface area contributed by atoms with E-state index < -0.39 is 0 Å². The molecule has 2 atom stereocenters. The van der Waals surface area contributed by atoms with Gasteiger partial charge in [-0.2, -0.15) is 4.98 Å². The summed E-state index contributed by atoms with van der Waals surface area (Å²) >= 11 is 0. The Bertz CT molecular complexity index is 466. The van der Waals surface area contributed by atoms with Gasteiger partial charge < -0.3 is 15.0 Å². The molecule has 2 rings (SSSR count). The molecule has 1 aliphatic rings. The molecular weight excluding hydrogens is 256 g/mol. The van der Waals surface area contributed by atoms with E-state index in [-0.39, 0.29) is 6.03 Å². The maximum Gasteiger partial charge on any atom is 0.322 e. The minimum absolute atomic E-state index is 0.112. The van der Waals surface area contributed by atoms with E-state index in [0.29, 0.717) is 23.4 Å². The highest BCUT2D eigenvalue weighted by Crippen LogP contribution is 2.23. The SMILES string of the molecule is COc1ncncc1NC(=O)N1CC[C@H](C)C[C@H](C)C1. The van der Waals surface area contributed by atoms with Crippen molar-refractivity contribution in [2.45, 2.75) is 26.7 Å². The van der Waals surface area contributed by atoms with Gasteiger partial charge in [0, 0.05) is 13.1 Å². The lowest BCUT2D eigenvalue weighted by atomic mass is 9.97. The molecule has 0 aliphatic carbocycles. The number of amides is 2. The molecule has 0 unspecified atom stereocenters. The van der Waals surface area contributed by atoms with Crippen LogP contribution >= 0.6 is 0 Å². The number of anilines is 1. The number of likely N-dealkylation sites (tertiary alicyclic amines) is 1. The molecule has 1 fully saturated rings. The summed E-state index contributed by atoms with van der Waals surface area (Å²) in [4.78, 5) is 22.1. The first kappa shape index (κ1) is 14.6. The summed E-state index contributed by atoms with van der Waals surface area (Å²) in [6.07, 6.45) is 5.15. The second-order valence-corrected chi connectivity index (χ2v) is 5.56. The Hall–Kier alpha value is -1.85. The van der Waals surface area contributed by atoms with Gasteiger partial charge in [-0.15, -0.1) is 0 Å². The quantitative estimate of drug-likeness (QED) is 0.902. The molecule has 0 saturated carbocycles. The van der Waals surface area contributed by atoms with Gasteiger partial charge in [-0.3, -0.25) is 0 Å². The fraction of sp³-hybridized carbons (Fsp3) is 0.643. The van der Waals surface area contributed by atoms with Crippen LogP contribution in [0.5, 0.6) is 5.88 Å². The number of nitrogens with zero attached hydrogens (tertiary/aromatic N) is 3. The van der Waals surface area contributed by atoms with Crippen LogP contribution in [-0.2, 0) is 0 Å². The zero-order chi connectivity index (χ0) is 14.5. The maximum absolute atomic E-state index is 12.3. The number of hydrogen-bond donors (Lipinski definition) is 1. The van der Waals surface area contributed by atoms with Crippen LogP contribution in [0.2, 0.25) is 0 Å². The first-order valence-electron chi connectivity index (χ1n) is 7.00. The smallest absolute Gasteiger partial charge is 0.322 e. The lowest BCUT2D eigenvalue weighted by Gasteiger charge is -2.23. The van der Waals surface area contributed by atoms with Crippen molar-refractivity contribution in [1.82, 2.24) is 14.9 Å². The molecule has 2 amide bonds. The van der Waals surface area contributed by atoms with Gasteiger partial charge in [0.15, 0.2) is 0 Å². The van der Waals surface area contributed by atoms with Gasteiger partial charge in [0.25, 0.3) is 0 Å². The number of carbonyl (C=O) groups excluding carboxylic acids is 1. The molecule has 1 aromatic heterocycles. The lowest BCUT2D eigenvalue weighted by Crippen LogP contribution is -2.37. The van der Waals surface area contributed by atoms with Crippen LogP contribution in [0, 0.1) is 11.8 Å². The topological polar surface area (TPSA) is 67.4 Å². The normalized spacial score (nSPS) is 23.1. The number of carbonyl (C=O) groups is 1. The molecule has 0 aromatic carbocycles. The number of urea groups is 1. The summed E-state index contributed by atoms with van der Waals surface area (Å²) in [5.41, 5.74) is 0.505. The van der Waals surface area contributed by atoms with E-state index in [0.717, 1.165) is 19.5 Å². The highest BCUT2D eigenvalue weighted by molar-refractivity contribution is 5.90. The Morgan fingerprint density at radius 2 is 2.25 bits per heavy atom. The Balaban J connectivity index is 2.04. The molecule has 0 spiro atoms. The van der Waals surface area contributed by atoms with Crippen molar-refractivity contribution >= 4 is 11.7 Å². The van der Waals surface area contributed by atoms with Crippen molar-refractivity contribution < 1.29 is 9.53 Å². The summed E-state index contributed by atoms with van der Waals surface area (Å²) in [5, 5.41) is 2.83. The second-order valence-electron chi connectivity index (χ2n) is 5.56. The molecule has 2 heterocycles. The molecule has 6 nitrogen and oxygen atoms in total. The van der Waals surface area contributed by atoms with Crippen molar-refractivity contribution in [3.8, 4) is 5.88 Å². The highest BCUT2D eigenvalue weighted by atomic mass is 16.5. The lowest BCUT2D eigenvalue weighted by molar-refractivity contribution is 0.207. The van der Waals surface area contributed by atoms with Gasteiger partial charge in [-0.25, -0.2) is 9.78 Å². The number of hydrogen-bond acceptors (Lipinski definition) is 4. The van der Waals surface area contributed by atoms with E-state index in [2.05, 4.69) is 29.1 Å². The average molecular weight is 278 g/mol. The first-order valence-corrected chi connectivity index (χ1v) is 7.00. The largest absolute Gasteiger partial charge is 0.479 e. The fourth-order valence-corrected chi connectivity index (χ4v) is 2.67. The monoisotopic (exact) mass is 278 g/mol. The third kappa shape index (κ3) is 3.59. The van der Waals surface area contributed by atoms with Crippen molar-refractivity contribution in [3.05, 3.63) is 12.5 Å². The van der Waals surface area contributed by atoms with Crippen LogP contribution in [0.1, 0.15) is 26.7 Å². The maximum atomic E-state index is 12.3. The molecule has 20 heavy (non-hydrogen) atoms. The number of rotatable bonds is 2. The van der Waals surface area contributed by atoms with Crippen molar-refractivity contribution in [1.29, 1.82) is 0 Å². The van der Waals surface area contributed by atoms with Gasteiger partial charge in [-0.1, -0.05) is 13.8 Å². The number of aromatic nitrogens is 2. The molecule has 1 N–H and O–H groups in total. The molecular formula is C14H22N4O2. The molecule has 1 aromatic rings. The highest BCUT2D eigenvalue weighted by Gasteiger charge is 2.23. The summed E-state index contributed by atoms with van der Waals surface area (Å²) in [6.45, 7) is 6.00. The van der Waals surface area contributed by atoms with Gasteiger partial charge in [-0.05, 0) is 24.7 Å². The molecule has 6 heteroatoms. The zero-order valence-electron chi connectivity index (χ0n) is 12.3. The van der Waals surface area contributed by atoms with E-state index in [9.17, 15) is 4.79 Å². The third-order valence-corrected chi connectivity index (χ3v) is 3.63. The predicted molar refractivity (Wildman–Crippen MR) is 76.7 cm³/mol. The van der Waals surface area contributed by atoms with Gasteiger partial charge in [0.2, 0.25) is 5.88 Å². The fourth-order valence-electron chi connectivity index (χ4n) is 2.67. The minimum atomic E-state index is -0.112. The van der Waals surface area contributed by atoms with Gasteiger partial charge in [0.1, 0.15) is 12.0 Å². The van der Waals surface area contributed by atoms with E-state index in [1.165, 1.54) is 19.9 Å². The molecule has 0 bridgehead atoms. The van der Waals surface area contributed by atoms with E-state index >= 15 is 0 Å². The minimum Gasteiger partial charge on any atom is -0.479 e. The van der Waals surface area contributed by atoms with Crippen LogP contribution in [0.15, 0.2) is 12.5 Å². The number of nitrogens with one attached hydrogen (secondary N) is 1. The van der Waals surface area contributed by atoms with Crippen LogP contribution in [0.3, 0.4) is 0 Å². The standard InChI is InChI=1S/C14H22N4O2/c1-10-4-5-18(8-11(2)6-10)14(19)17-12-7-15-9-16-13(12)20-3/h7,9-11H,4-6,8H2,1-3H3,(H,17,19)/t10-,11-/m0/s1. The Labute approximate surface area is 119 Å². The van der Waals surface area contributed by atoms with Gasteiger partial charge >= 0.3 is 6.03 Å². The van der Waals surface area contributed by atoms with Crippen molar-refractivity contribution in [2.24, 2.45) is 11.8 Å². The molecule has 1 saturated heterocycles. The average Bonchev–Trinajstić information content (AvgIpc) is 2.60. The van der Waals surface area contributed by atoms with Crippen LogP contribution < -0.4 is 10.1 Å². The molecule has 110 valence electrons. The Morgan fingerprint density at radius 1 is 1.45 bits per heavy atom. The van der Waals surface area contributed by atoms with E-state index in [1.54, 1.807) is 6.20 Å². The van der Waals surface area contributed by atoms with E-state index in [1.807, 2.05) is 4.90 Å². The van der Waals surface area contributed by atoms with Crippen molar-refractivity contribution in [2.75, 3.05) is 25.5 Å². The Kier molecular flexibility index (Phi) is 4.76. The summed E-state index contributed by atoms with van der Waals surface area (Å²) < 4.78 is 5.11.